The molecule has 78 valence electrons. The maximum Gasteiger partial charge on any atom is 0.224 e. The summed E-state index contributed by atoms with van der Waals surface area (Å²) < 4.78 is 0. The van der Waals surface area contributed by atoms with Gasteiger partial charge in [0.1, 0.15) is 5.82 Å². The highest BCUT2D eigenvalue weighted by Gasteiger charge is 1.96. The third kappa shape index (κ3) is 3.18. The van der Waals surface area contributed by atoms with E-state index >= 15 is 0 Å². The number of rotatable bonds is 4. The first kappa shape index (κ1) is 10.4. The summed E-state index contributed by atoms with van der Waals surface area (Å²) in [6.07, 6.45) is 2.64. The van der Waals surface area contributed by atoms with Crippen molar-refractivity contribution in [2.24, 2.45) is 0 Å². The Morgan fingerprint density at radius 3 is 3.07 bits per heavy atom. The van der Waals surface area contributed by atoms with Crippen molar-refractivity contribution >= 4 is 28.8 Å². The van der Waals surface area contributed by atoms with Crippen molar-refractivity contribution < 1.29 is 0 Å². The molecular formula is C10H10ClN3S. The molecule has 15 heavy (non-hydrogen) atoms. The lowest BCUT2D eigenvalue weighted by molar-refractivity contribution is 1.02. The van der Waals surface area contributed by atoms with Gasteiger partial charge in [-0.15, -0.1) is 11.3 Å². The summed E-state index contributed by atoms with van der Waals surface area (Å²) in [5.74, 6) is 0.770. The minimum Gasteiger partial charge on any atom is -0.370 e. The van der Waals surface area contributed by atoms with E-state index in [1.807, 2.05) is 0 Å². The lowest BCUT2D eigenvalue weighted by Gasteiger charge is -2.03. The van der Waals surface area contributed by atoms with E-state index in [1.54, 1.807) is 23.6 Å². The average molecular weight is 240 g/mol. The molecule has 2 heterocycles. The van der Waals surface area contributed by atoms with Crippen molar-refractivity contribution in [3.63, 3.8) is 0 Å². The molecule has 0 fully saturated rings. The lowest BCUT2D eigenvalue weighted by Crippen LogP contribution is -2.05. The van der Waals surface area contributed by atoms with Crippen molar-refractivity contribution in [2.75, 3.05) is 11.9 Å². The normalized spacial score (nSPS) is 10.2. The van der Waals surface area contributed by atoms with Crippen molar-refractivity contribution in [3.8, 4) is 0 Å². The van der Waals surface area contributed by atoms with Gasteiger partial charge >= 0.3 is 0 Å². The number of halogens is 1. The van der Waals surface area contributed by atoms with Crippen LogP contribution in [-0.2, 0) is 6.42 Å². The zero-order chi connectivity index (χ0) is 10.5. The highest BCUT2D eigenvalue weighted by atomic mass is 35.5. The molecule has 1 N–H and O–H groups in total. The van der Waals surface area contributed by atoms with Gasteiger partial charge in [0.05, 0.1) is 0 Å². The minimum atomic E-state index is 0.274. The molecule has 2 aromatic heterocycles. The first-order valence-corrected chi connectivity index (χ1v) is 5.85. The van der Waals surface area contributed by atoms with Crippen molar-refractivity contribution in [1.82, 2.24) is 9.97 Å². The summed E-state index contributed by atoms with van der Waals surface area (Å²) in [6, 6.07) is 5.99. The maximum absolute atomic E-state index is 5.66. The Labute approximate surface area is 97.2 Å². The first-order valence-electron chi connectivity index (χ1n) is 4.59. The summed E-state index contributed by atoms with van der Waals surface area (Å²) >= 11 is 7.43. The second-order valence-electron chi connectivity index (χ2n) is 2.97. The SMILES string of the molecule is Clc1nccc(NCCc2cccs2)n1. The monoisotopic (exact) mass is 239 g/mol. The van der Waals surface area contributed by atoms with E-state index in [4.69, 9.17) is 11.6 Å². The Morgan fingerprint density at radius 2 is 2.33 bits per heavy atom. The summed E-state index contributed by atoms with van der Waals surface area (Å²) in [4.78, 5) is 9.22. The van der Waals surface area contributed by atoms with Gasteiger partial charge < -0.3 is 5.32 Å². The molecule has 0 aliphatic heterocycles. The van der Waals surface area contributed by atoms with Crippen LogP contribution >= 0.6 is 22.9 Å². The van der Waals surface area contributed by atoms with Crippen molar-refractivity contribution in [3.05, 3.63) is 39.9 Å². The van der Waals surface area contributed by atoms with Crippen LogP contribution in [0.25, 0.3) is 0 Å². The van der Waals surface area contributed by atoms with Gasteiger partial charge in [-0.25, -0.2) is 9.97 Å². The fourth-order valence-corrected chi connectivity index (χ4v) is 2.06. The van der Waals surface area contributed by atoms with Crippen LogP contribution in [0.15, 0.2) is 29.8 Å². The Hall–Kier alpha value is -1.13. The standard InChI is InChI=1S/C10H10ClN3S/c11-10-13-6-4-9(14-10)12-5-3-8-2-1-7-15-8/h1-2,4,6-7H,3,5H2,(H,12,13,14). The van der Waals surface area contributed by atoms with Crippen LogP contribution in [-0.4, -0.2) is 16.5 Å². The smallest absolute Gasteiger partial charge is 0.224 e. The summed E-state index contributed by atoms with van der Waals surface area (Å²) in [7, 11) is 0. The zero-order valence-corrected chi connectivity index (χ0v) is 9.55. The largest absolute Gasteiger partial charge is 0.370 e. The first-order chi connectivity index (χ1) is 7.34. The van der Waals surface area contributed by atoms with E-state index in [9.17, 15) is 0 Å². The fourth-order valence-electron chi connectivity index (χ4n) is 1.20. The molecule has 0 amide bonds. The van der Waals surface area contributed by atoms with Gasteiger partial charge in [0.25, 0.3) is 0 Å². The zero-order valence-electron chi connectivity index (χ0n) is 7.98. The number of hydrogen-bond donors (Lipinski definition) is 1. The lowest BCUT2D eigenvalue weighted by atomic mass is 10.3. The van der Waals surface area contributed by atoms with Crippen LogP contribution in [0.2, 0.25) is 5.28 Å². The Balaban J connectivity index is 1.83. The summed E-state index contributed by atoms with van der Waals surface area (Å²) in [6.45, 7) is 0.855. The molecule has 0 atom stereocenters. The van der Waals surface area contributed by atoms with Crippen LogP contribution in [0.3, 0.4) is 0 Å². The Bertz CT molecular complexity index is 416. The van der Waals surface area contributed by atoms with E-state index in [0.29, 0.717) is 0 Å². The molecule has 0 aliphatic carbocycles. The Kier molecular flexibility index (Phi) is 3.53. The number of nitrogens with one attached hydrogen (secondary N) is 1. The highest BCUT2D eigenvalue weighted by Crippen LogP contribution is 2.10. The predicted octanol–water partition coefficient (Wildman–Crippen LogP) is 2.85. The third-order valence-electron chi connectivity index (χ3n) is 1.88. The second kappa shape index (κ2) is 5.09. The molecule has 3 nitrogen and oxygen atoms in total. The Morgan fingerprint density at radius 1 is 1.40 bits per heavy atom. The summed E-state index contributed by atoms with van der Waals surface area (Å²) in [5.41, 5.74) is 0. The number of aromatic nitrogens is 2. The topological polar surface area (TPSA) is 37.8 Å². The molecule has 0 unspecified atom stereocenters. The van der Waals surface area contributed by atoms with Crippen molar-refractivity contribution in [1.29, 1.82) is 0 Å². The number of nitrogens with zero attached hydrogens (tertiary/aromatic N) is 2. The van der Waals surface area contributed by atoms with Crippen LogP contribution in [0.4, 0.5) is 5.82 Å². The van der Waals surface area contributed by atoms with Crippen LogP contribution in [0, 0.1) is 0 Å². The van der Waals surface area contributed by atoms with E-state index < -0.39 is 0 Å². The molecule has 0 spiro atoms. The van der Waals surface area contributed by atoms with Crippen LogP contribution in [0.5, 0.6) is 0 Å². The van der Waals surface area contributed by atoms with Gasteiger partial charge in [-0.1, -0.05) is 6.07 Å². The average Bonchev–Trinajstić information content (AvgIpc) is 2.71. The molecular weight excluding hydrogens is 230 g/mol. The van der Waals surface area contributed by atoms with Crippen LogP contribution < -0.4 is 5.32 Å². The molecule has 2 aromatic rings. The van der Waals surface area contributed by atoms with Gasteiger partial charge in [-0.2, -0.15) is 0 Å². The van der Waals surface area contributed by atoms with E-state index in [2.05, 4.69) is 32.8 Å². The second-order valence-corrected chi connectivity index (χ2v) is 4.34. The molecule has 0 radical (unpaired) electrons. The maximum atomic E-state index is 5.66. The van der Waals surface area contributed by atoms with E-state index in [0.717, 1.165) is 18.8 Å². The number of hydrogen-bond acceptors (Lipinski definition) is 4. The predicted molar refractivity (Wildman–Crippen MR) is 63.6 cm³/mol. The van der Waals surface area contributed by atoms with Gasteiger partial charge in [-0.3, -0.25) is 0 Å². The highest BCUT2D eigenvalue weighted by molar-refractivity contribution is 7.09. The van der Waals surface area contributed by atoms with Gasteiger partial charge in [0, 0.05) is 17.6 Å². The molecule has 0 saturated carbocycles. The van der Waals surface area contributed by atoms with E-state index in [-0.39, 0.29) is 5.28 Å². The molecule has 0 saturated heterocycles. The summed E-state index contributed by atoms with van der Waals surface area (Å²) in [5, 5.41) is 5.55. The van der Waals surface area contributed by atoms with Crippen LogP contribution in [0.1, 0.15) is 4.88 Å². The van der Waals surface area contributed by atoms with E-state index in [1.165, 1.54) is 4.88 Å². The molecule has 0 aromatic carbocycles. The fraction of sp³-hybridized carbons (Fsp3) is 0.200. The molecule has 5 heteroatoms. The van der Waals surface area contributed by atoms with Gasteiger partial charge in [0.15, 0.2) is 0 Å². The van der Waals surface area contributed by atoms with Gasteiger partial charge in [-0.05, 0) is 35.5 Å². The number of thiophene rings is 1. The third-order valence-corrected chi connectivity index (χ3v) is 3.00. The minimum absolute atomic E-state index is 0.274. The quantitative estimate of drug-likeness (QED) is 0.834. The molecule has 0 bridgehead atoms. The van der Waals surface area contributed by atoms with Crippen molar-refractivity contribution in [2.45, 2.75) is 6.42 Å². The molecule has 0 aliphatic rings. The van der Waals surface area contributed by atoms with Gasteiger partial charge in [0.2, 0.25) is 5.28 Å². The molecule has 2 rings (SSSR count). The number of anilines is 1.